The van der Waals surface area contributed by atoms with Gasteiger partial charge in [0.15, 0.2) is 0 Å². The summed E-state index contributed by atoms with van der Waals surface area (Å²) in [5.41, 5.74) is -0.439. The highest BCUT2D eigenvalue weighted by Crippen LogP contribution is 2.33. The molecule has 2 aromatic rings. The summed E-state index contributed by atoms with van der Waals surface area (Å²) in [7, 11) is 0. The first kappa shape index (κ1) is 15.8. The number of furan rings is 1. The molecule has 2 heterocycles. The number of hydrogen-bond acceptors (Lipinski definition) is 4. The van der Waals surface area contributed by atoms with E-state index in [1.165, 1.54) is 18.2 Å². The van der Waals surface area contributed by atoms with Gasteiger partial charge in [0.05, 0.1) is 10.5 Å². The standard InChI is InChI=1S/C15H8F3NO2S2/c16-15(17,18)9-3-1-2-8(6-9)11-5-4-10(21-11)7-12-13(20)19-14(22)23-12/h1-7H,(H,19,20,22)/b12-7-. The molecule has 0 spiro atoms. The molecule has 1 N–H and O–H groups in total. The van der Waals surface area contributed by atoms with Crippen LogP contribution >= 0.6 is 24.0 Å². The summed E-state index contributed by atoms with van der Waals surface area (Å²) < 4.78 is 44.1. The second-order valence-corrected chi connectivity index (χ2v) is 6.35. The molecule has 8 heteroatoms. The summed E-state index contributed by atoms with van der Waals surface area (Å²) in [5.74, 6) is 0.325. The molecular weight excluding hydrogens is 347 g/mol. The molecule has 1 aliphatic heterocycles. The van der Waals surface area contributed by atoms with E-state index in [9.17, 15) is 18.0 Å². The zero-order valence-corrected chi connectivity index (χ0v) is 12.9. The monoisotopic (exact) mass is 355 g/mol. The van der Waals surface area contributed by atoms with Gasteiger partial charge in [-0.05, 0) is 24.3 Å². The first-order valence-electron chi connectivity index (χ1n) is 6.35. The zero-order valence-electron chi connectivity index (χ0n) is 11.3. The van der Waals surface area contributed by atoms with Crippen molar-refractivity contribution in [1.29, 1.82) is 0 Å². The molecule has 0 radical (unpaired) electrons. The topological polar surface area (TPSA) is 42.2 Å². The van der Waals surface area contributed by atoms with Gasteiger partial charge in [-0.15, -0.1) is 0 Å². The number of carbonyl (C=O) groups is 1. The highest BCUT2D eigenvalue weighted by molar-refractivity contribution is 8.26. The number of benzene rings is 1. The number of halogens is 3. The van der Waals surface area contributed by atoms with Crippen LogP contribution in [0.15, 0.2) is 45.7 Å². The van der Waals surface area contributed by atoms with Gasteiger partial charge in [0.25, 0.3) is 5.91 Å². The van der Waals surface area contributed by atoms with Gasteiger partial charge >= 0.3 is 6.18 Å². The molecule has 3 nitrogen and oxygen atoms in total. The van der Waals surface area contributed by atoms with Crippen LogP contribution in [0.2, 0.25) is 0 Å². The van der Waals surface area contributed by atoms with Gasteiger partial charge < -0.3 is 9.73 Å². The predicted molar refractivity (Wildman–Crippen MR) is 85.5 cm³/mol. The van der Waals surface area contributed by atoms with Crippen molar-refractivity contribution in [2.24, 2.45) is 0 Å². The number of thiocarbonyl (C=S) groups is 1. The number of hydrogen-bond donors (Lipinski definition) is 1. The Labute approximate surface area is 138 Å². The Bertz CT molecular complexity index is 824. The van der Waals surface area contributed by atoms with Crippen LogP contribution in [-0.4, -0.2) is 10.2 Å². The molecule has 0 aliphatic carbocycles. The Balaban J connectivity index is 1.90. The van der Waals surface area contributed by atoms with E-state index < -0.39 is 11.7 Å². The van der Waals surface area contributed by atoms with Crippen LogP contribution < -0.4 is 5.32 Å². The summed E-state index contributed by atoms with van der Waals surface area (Å²) in [6.45, 7) is 0. The fourth-order valence-electron chi connectivity index (χ4n) is 1.98. The molecular formula is C15H8F3NO2S2. The summed E-state index contributed by atoms with van der Waals surface area (Å²) in [6.07, 6.45) is -2.92. The van der Waals surface area contributed by atoms with Crippen LogP contribution in [0.4, 0.5) is 13.2 Å². The Hall–Kier alpha value is -2.06. The Morgan fingerprint density at radius 2 is 2.00 bits per heavy atom. The molecule has 1 amide bonds. The van der Waals surface area contributed by atoms with Gasteiger partial charge in [0.2, 0.25) is 0 Å². The van der Waals surface area contributed by atoms with E-state index >= 15 is 0 Å². The number of carbonyl (C=O) groups excluding carboxylic acids is 1. The van der Waals surface area contributed by atoms with E-state index in [0.29, 0.717) is 20.5 Å². The minimum atomic E-state index is -4.41. The van der Waals surface area contributed by atoms with E-state index in [0.717, 1.165) is 23.9 Å². The van der Waals surface area contributed by atoms with Gasteiger partial charge in [0, 0.05) is 11.6 Å². The van der Waals surface area contributed by atoms with Crippen LogP contribution in [0.1, 0.15) is 11.3 Å². The quantitative estimate of drug-likeness (QED) is 0.638. The Morgan fingerprint density at radius 1 is 1.22 bits per heavy atom. The number of amides is 1. The van der Waals surface area contributed by atoms with Gasteiger partial charge in [-0.2, -0.15) is 13.2 Å². The fraction of sp³-hybridized carbons (Fsp3) is 0.0667. The van der Waals surface area contributed by atoms with Gasteiger partial charge in [0.1, 0.15) is 15.8 Å². The SMILES string of the molecule is O=C1NC(=S)S/C1=C\c1ccc(-c2cccc(C(F)(F)F)c2)o1. The first-order chi connectivity index (χ1) is 10.8. The van der Waals surface area contributed by atoms with Crippen LogP contribution in [0.25, 0.3) is 17.4 Å². The van der Waals surface area contributed by atoms with E-state index in [4.69, 9.17) is 16.6 Å². The lowest BCUT2D eigenvalue weighted by atomic mass is 10.1. The van der Waals surface area contributed by atoms with Crippen LogP contribution in [0, 0.1) is 0 Å². The number of rotatable bonds is 2. The predicted octanol–water partition coefficient (Wildman–Crippen LogP) is 4.45. The van der Waals surface area contributed by atoms with Crippen LogP contribution in [-0.2, 0) is 11.0 Å². The third-order valence-corrected chi connectivity index (χ3v) is 4.18. The molecule has 0 bridgehead atoms. The summed E-state index contributed by atoms with van der Waals surface area (Å²) in [5, 5.41) is 2.47. The average Bonchev–Trinajstić information content (AvgIpc) is 3.06. The lowest BCUT2D eigenvalue weighted by Gasteiger charge is -2.07. The molecule has 1 aliphatic rings. The van der Waals surface area contributed by atoms with Crippen LogP contribution in [0.3, 0.4) is 0 Å². The van der Waals surface area contributed by atoms with E-state index in [-0.39, 0.29) is 11.7 Å². The third kappa shape index (κ3) is 3.48. The van der Waals surface area contributed by atoms with Crippen molar-refractivity contribution in [1.82, 2.24) is 5.32 Å². The van der Waals surface area contributed by atoms with E-state index in [2.05, 4.69) is 5.32 Å². The molecule has 1 fully saturated rings. The number of thioether (sulfide) groups is 1. The van der Waals surface area contributed by atoms with Crippen molar-refractivity contribution in [2.45, 2.75) is 6.18 Å². The summed E-state index contributed by atoms with van der Waals surface area (Å²) >= 11 is 5.98. The summed E-state index contributed by atoms with van der Waals surface area (Å²) in [6, 6.07) is 7.99. The lowest BCUT2D eigenvalue weighted by molar-refractivity contribution is -0.137. The van der Waals surface area contributed by atoms with Crippen molar-refractivity contribution in [3.8, 4) is 11.3 Å². The van der Waals surface area contributed by atoms with Gasteiger partial charge in [-0.3, -0.25) is 4.79 Å². The summed E-state index contributed by atoms with van der Waals surface area (Å²) in [4.78, 5) is 11.9. The Morgan fingerprint density at radius 3 is 2.65 bits per heavy atom. The molecule has 3 rings (SSSR count). The number of alkyl halides is 3. The molecule has 1 aromatic heterocycles. The smallest absolute Gasteiger partial charge is 0.416 e. The first-order valence-corrected chi connectivity index (χ1v) is 7.58. The maximum absolute atomic E-state index is 12.7. The van der Waals surface area contributed by atoms with Crippen molar-refractivity contribution >= 4 is 40.3 Å². The van der Waals surface area contributed by atoms with Crippen molar-refractivity contribution < 1.29 is 22.4 Å². The zero-order chi connectivity index (χ0) is 16.6. The maximum atomic E-state index is 12.7. The second kappa shape index (κ2) is 5.86. The van der Waals surface area contributed by atoms with Crippen molar-refractivity contribution in [3.05, 3.63) is 52.6 Å². The lowest BCUT2D eigenvalue weighted by Crippen LogP contribution is -2.17. The minimum absolute atomic E-state index is 0.286. The molecule has 23 heavy (non-hydrogen) atoms. The largest absolute Gasteiger partial charge is 0.457 e. The Kier molecular flexibility index (Phi) is 4.03. The molecule has 0 atom stereocenters. The number of nitrogens with one attached hydrogen (secondary N) is 1. The molecule has 1 saturated heterocycles. The molecule has 0 saturated carbocycles. The second-order valence-electron chi connectivity index (χ2n) is 4.63. The third-order valence-electron chi connectivity index (χ3n) is 3.02. The van der Waals surface area contributed by atoms with Crippen molar-refractivity contribution in [2.75, 3.05) is 0 Å². The highest BCUT2D eigenvalue weighted by Gasteiger charge is 2.30. The maximum Gasteiger partial charge on any atom is 0.416 e. The minimum Gasteiger partial charge on any atom is -0.457 e. The van der Waals surface area contributed by atoms with Gasteiger partial charge in [-0.25, -0.2) is 0 Å². The van der Waals surface area contributed by atoms with Crippen LogP contribution in [0.5, 0.6) is 0 Å². The normalized spacial score (nSPS) is 16.9. The van der Waals surface area contributed by atoms with Gasteiger partial charge in [-0.1, -0.05) is 36.1 Å². The molecule has 118 valence electrons. The van der Waals surface area contributed by atoms with E-state index in [1.54, 1.807) is 12.1 Å². The highest BCUT2D eigenvalue weighted by atomic mass is 32.2. The average molecular weight is 355 g/mol. The van der Waals surface area contributed by atoms with E-state index in [1.807, 2.05) is 0 Å². The molecule has 1 aromatic carbocycles. The van der Waals surface area contributed by atoms with Crippen molar-refractivity contribution in [3.63, 3.8) is 0 Å². The fourth-order valence-corrected chi connectivity index (χ4v) is 3.01. The molecule has 0 unspecified atom stereocenters.